The van der Waals surface area contributed by atoms with Gasteiger partial charge >= 0.3 is 0 Å². The zero-order chi connectivity index (χ0) is 16.8. The molecule has 132 valence electrons. The van der Waals surface area contributed by atoms with Crippen LogP contribution in [0.5, 0.6) is 5.75 Å². The van der Waals surface area contributed by atoms with Crippen LogP contribution >= 0.6 is 0 Å². The maximum absolute atomic E-state index is 5.23. The van der Waals surface area contributed by atoms with Crippen LogP contribution in [0, 0.1) is 0 Å². The van der Waals surface area contributed by atoms with Gasteiger partial charge in [0.1, 0.15) is 5.75 Å². The summed E-state index contributed by atoms with van der Waals surface area (Å²) in [7, 11) is 1.72. The predicted octanol–water partition coefficient (Wildman–Crippen LogP) is 6.05. The summed E-state index contributed by atoms with van der Waals surface area (Å²) in [6.07, 6.45) is 12.4. The smallest absolute Gasteiger partial charge is 0.118 e. The van der Waals surface area contributed by atoms with Gasteiger partial charge in [0.2, 0.25) is 0 Å². The molecule has 0 aromatic heterocycles. The van der Waals surface area contributed by atoms with Gasteiger partial charge in [0.25, 0.3) is 0 Å². The molecular formula is C21H37NO. The molecule has 0 heterocycles. The van der Waals surface area contributed by atoms with Crippen LogP contribution in [0.25, 0.3) is 0 Å². The summed E-state index contributed by atoms with van der Waals surface area (Å²) in [4.78, 5) is 2.60. The Hall–Kier alpha value is -1.02. The van der Waals surface area contributed by atoms with Gasteiger partial charge in [-0.25, -0.2) is 0 Å². The molecular weight excluding hydrogens is 282 g/mol. The van der Waals surface area contributed by atoms with Gasteiger partial charge in [-0.15, -0.1) is 0 Å². The van der Waals surface area contributed by atoms with E-state index in [0.717, 1.165) is 12.3 Å². The molecule has 0 bridgehead atoms. The van der Waals surface area contributed by atoms with Gasteiger partial charge in [-0.05, 0) is 43.6 Å². The monoisotopic (exact) mass is 319 g/mol. The Bertz CT molecular complexity index is 374. The molecule has 0 unspecified atom stereocenters. The van der Waals surface area contributed by atoms with Crippen LogP contribution < -0.4 is 4.74 Å². The number of nitrogens with zero attached hydrogens (tertiary/aromatic N) is 1. The Morgan fingerprint density at radius 3 is 1.91 bits per heavy atom. The van der Waals surface area contributed by atoms with Crippen LogP contribution in [-0.4, -0.2) is 25.1 Å². The van der Waals surface area contributed by atoms with Crippen molar-refractivity contribution in [3.63, 3.8) is 0 Å². The number of unbranched alkanes of at least 4 members (excludes halogenated alkanes) is 7. The quantitative estimate of drug-likeness (QED) is 0.387. The molecule has 0 radical (unpaired) electrons. The van der Waals surface area contributed by atoms with Gasteiger partial charge in [-0.1, -0.05) is 70.9 Å². The normalized spacial score (nSPS) is 11.1. The molecule has 0 saturated heterocycles. The number of hydrogen-bond donors (Lipinski definition) is 0. The second kappa shape index (κ2) is 13.4. The highest BCUT2D eigenvalue weighted by molar-refractivity contribution is 5.27. The van der Waals surface area contributed by atoms with Crippen LogP contribution in [0.15, 0.2) is 24.3 Å². The van der Waals surface area contributed by atoms with Crippen molar-refractivity contribution in [2.24, 2.45) is 0 Å². The summed E-state index contributed by atoms with van der Waals surface area (Å²) < 4.78 is 5.23. The van der Waals surface area contributed by atoms with E-state index in [-0.39, 0.29) is 0 Å². The number of ether oxygens (including phenoxy) is 1. The van der Waals surface area contributed by atoms with Crippen molar-refractivity contribution >= 4 is 0 Å². The van der Waals surface area contributed by atoms with Gasteiger partial charge in [0, 0.05) is 6.54 Å². The maximum Gasteiger partial charge on any atom is 0.118 e. The van der Waals surface area contributed by atoms with Gasteiger partial charge in [-0.3, -0.25) is 4.90 Å². The summed E-state index contributed by atoms with van der Waals surface area (Å²) in [5, 5.41) is 0. The minimum atomic E-state index is 0.943. The maximum atomic E-state index is 5.23. The Morgan fingerprint density at radius 1 is 0.739 bits per heavy atom. The van der Waals surface area contributed by atoms with Crippen molar-refractivity contribution in [3.05, 3.63) is 29.8 Å². The van der Waals surface area contributed by atoms with Crippen LogP contribution in [0.3, 0.4) is 0 Å². The summed E-state index contributed by atoms with van der Waals surface area (Å²) in [6, 6.07) is 8.51. The second-order valence-electron chi connectivity index (χ2n) is 6.60. The summed E-state index contributed by atoms with van der Waals surface area (Å²) >= 11 is 0. The molecule has 2 nitrogen and oxygen atoms in total. The predicted molar refractivity (Wildman–Crippen MR) is 101 cm³/mol. The summed E-state index contributed by atoms with van der Waals surface area (Å²) in [5.74, 6) is 0.943. The standard InChI is InChI=1S/C21H37NO/c1-4-6-7-8-9-10-11-12-18-22(17-5-2)19-20-13-15-21(23-3)16-14-20/h13-16H,4-12,17-19H2,1-3H3. The van der Waals surface area contributed by atoms with E-state index in [2.05, 4.69) is 43.0 Å². The van der Waals surface area contributed by atoms with Crippen molar-refractivity contribution in [1.82, 2.24) is 4.90 Å². The number of benzene rings is 1. The Labute approximate surface area is 144 Å². The van der Waals surface area contributed by atoms with Crippen molar-refractivity contribution < 1.29 is 4.74 Å². The first-order chi connectivity index (χ1) is 11.3. The average molecular weight is 320 g/mol. The summed E-state index contributed by atoms with van der Waals surface area (Å²) in [5.41, 5.74) is 1.39. The molecule has 1 rings (SSSR count). The second-order valence-corrected chi connectivity index (χ2v) is 6.60. The van der Waals surface area contributed by atoms with E-state index in [1.165, 1.54) is 76.4 Å². The highest BCUT2D eigenvalue weighted by Gasteiger charge is 2.05. The van der Waals surface area contributed by atoms with E-state index in [4.69, 9.17) is 4.74 Å². The van der Waals surface area contributed by atoms with Crippen LogP contribution in [0.2, 0.25) is 0 Å². The molecule has 0 fully saturated rings. The number of hydrogen-bond acceptors (Lipinski definition) is 2. The molecule has 0 saturated carbocycles. The lowest BCUT2D eigenvalue weighted by Gasteiger charge is -2.22. The van der Waals surface area contributed by atoms with Crippen molar-refractivity contribution in [3.8, 4) is 5.75 Å². The number of methoxy groups -OCH3 is 1. The van der Waals surface area contributed by atoms with Crippen LogP contribution in [-0.2, 0) is 6.54 Å². The highest BCUT2D eigenvalue weighted by Crippen LogP contribution is 2.14. The molecule has 0 amide bonds. The Balaban J connectivity index is 2.20. The van der Waals surface area contributed by atoms with E-state index in [1.54, 1.807) is 7.11 Å². The number of rotatable bonds is 14. The molecule has 0 N–H and O–H groups in total. The van der Waals surface area contributed by atoms with Gasteiger partial charge < -0.3 is 4.74 Å². The van der Waals surface area contributed by atoms with Crippen LogP contribution in [0.1, 0.15) is 77.2 Å². The fourth-order valence-corrected chi connectivity index (χ4v) is 3.04. The van der Waals surface area contributed by atoms with Gasteiger partial charge in [-0.2, -0.15) is 0 Å². The lowest BCUT2D eigenvalue weighted by molar-refractivity contribution is 0.259. The largest absolute Gasteiger partial charge is 0.497 e. The molecule has 0 aliphatic carbocycles. The molecule has 1 aromatic carbocycles. The van der Waals surface area contributed by atoms with Crippen molar-refractivity contribution in [2.45, 2.75) is 78.2 Å². The Morgan fingerprint density at radius 2 is 1.35 bits per heavy atom. The fraction of sp³-hybridized carbons (Fsp3) is 0.714. The molecule has 2 heteroatoms. The van der Waals surface area contributed by atoms with E-state index in [0.29, 0.717) is 0 Å². The first kappa shape index (κ1) is 20.0. The molecule has 0 atom stereocenters. The average Bonchev–Trinajstić information content (AvgIpc) is 2.58. The topological polar surface area (TPSA) is 12.5 Å². The third-order valence-electron chi connectivity index (χ3n) is 4.43. The molecule has 0 spiro atoms. The molecule has 0 aliphatic heterocycles. The van der Waals surface area contributed by atoms with E-state index in [9.17, 15) is 0 Å². The van der Waals surface area contributed by atoms with Crippen LogP contribution in [0.4, 0.5) is 0 Å². The van der Waals surface area contributed by atoms with Gasteiger partial charge in [0.05, 0.1) is 7.11 Å². The molecule has 1 aromatic rings. The minimum absolute atomic E-state index is 0.943. The zero-order valence-electron chi connectivity index (χ0n) is 15.7. The molecule has 23 heavy (non-hydrogen) atoms. The van der Waals surface area contributed by atoms with E-state index in [1.807, 2.05) is 0 Å². The first-order valence-corrected chi connectivity index (χ1v) is 9.65. The summed E-state index contributed by atoms with van der Waals surface area (Å²) in [6.45, 7) is 8.05. The zero-order valence-corrected chi connectivity index (χ0v) is 15.7. The Kier molecular flexibility index (Phi) is 11.7. The fourth-order valence-electron chi connectivity index (χ4n) is 3.04. The molecule has 0 aliphatic rings. The lowest BCUT2D eigenvalue weighted by atomic mass is 10.1. The van der Waals surface area contributed by atoms with E-state index >= 15 is 0 Å². The third kappa shape index (κ3) is 9.65. The first-order valence-electron chi connectivity index (χ1n) is 9.65. The lowest BCUT2D eigenvalue weighted by Crippen LogP contribution is -2.25. The van der Waals surface area contributed by atoms with E-state index < -0.39 is 0 Å². The SMILES string of the molecule is CCCCCCCCCCN(CCC)Cc1ccc(OC)cc1. The van der Waals surface area contributed by atoms with Gasteiger partial charge in [0.15, 0.2) is 0 Å². The third-order valence-corrected chi connectivity index (χ3v) is 4.43. The van der Waals surface area contributed by atoms with Crippen molar-refractivity contribution in [1.29, 1.82) is 0 Å². The highest BCUT2D eigenvalue weighted by atomic mass is 16.5. The van der Waals surface area contributed by atoms with Crippen molar-refractivity contribution in [2.75, 3.05) is 20.2 Å². The minimum Gasteiger partial charge on any atom is -0.497 e.